The molecule has 3 heterocycles. The summed E-state index contributed by atoms with van der Waals surface area (Å²) in [4.78, 5) is 0. The molecule has 0 saturated heterocycles. The Bertz CT molecular complexity index is 1150. The molecule has 0 aliphatic carbocycles. The van der Waals surface area contributed by atoms with E-state index in [1.54, 1.807) is 7.11 Å². The highest BCUT2D eigenvalue weighted by molar-refractivity contribution is 5.99. The Labute approximate surface area is 194 Å². The molecule has 2 aromatic carbocycles. The van der Waals surface area contributed by atoms with E-state index in [9.17, 15) is 0 Å². The third kappa shape index (κ3) is 4.17. The molecule has 3 aromatic rings. The lowest BCUT2D eigenvalue weighted by molar-refractivity contribution is -0.0191. The topological polar surface area (TPSA) is 56.4 Å². The number of hydrazone groups is 1. The normalized spacial score (nSPS) is 18.9. The minimum atomic E-state index is -0.374. The number of furan rings is 1. The molecular weight excluding hydrogens is 416 g/mol. The first-order valence-electron chi connectivity index (χ1n) is 11.7. The molecule has 2 atom stereocenters. The highest BCUT2D eigenvalue weighted by atomic mass is 16.5. The van der Waals surface area contributed by atoms with Crippen molar-refractivity contribution in [1.82, 2.24) is 5.01 Å². The van der Waals surface area contributed by atoms with E-state index in [0.29, 0.717) is 12.4 Å². The Morgan fingerprint density at radius 3 is 2.73 bits per heavy atom. The molecule has 0 unspecified atom stereocenters. The van der Waals surface area contributed by atoms with Crippen molar-refractivity contribution in [2.24, 2.45) is 5.10 Å². The number of para-hydroxylation sites is 1. The molecule has 33 heavy (non-hydrogen) atoms. The average molecular weight is 447 g/mol. The van der Waals surface area contributed by atoms with Gasteiger partial charge in [-0.25, -0.2) is 5.01 Å². The van der Waals surface area contributed by atoms with Crippen LogP contribution in [0.5, 0.6) is 17.2 Å². The molecule has 2 aliphatic heterocycles. The summed E-state index contributed by atoms with van der Waals surface area (Å²) in [6, 6.07) is 18.2. The van der Waals surface area contributed by atoms with Crippen molar-refractivity contribution in [2.75, 3.05) is 13.7 Å². The Morgan fingerprint density at radius 1 is 1.06 bits per heavy atom. The van der Waals surface area contributed by atoms with Crippen molar-refractivity contribution < 1.29 is 18.6 Å². The molecule has 0 amide bonds. The number of rotatable bonds is 8. The van der Waals surface area contributed by atoms with Gasteiger partial charge >= 0.3 is 0 Å². The van der Waals surface area contributed by atoms with E-state index in [2.05, 4.69) is 13.0 Å². The van der Waals surface area contributed by atoms with Gasteiger partial charge in [-0.3, -0.25) is 0 Å². The number of methoxy groups -OCH3 is 1. The number of benzene rings is 2. The van der Waals surface area contributed by atoms with Crippen LogP contribution >= 0.6 is 0 Å². The molecular formula is C27H30N2O4. The van der Waals surface area contributed by atoms with Gasteiger partial charge in [-0.05, 0) is 49.7 Å². The molecule has 0 N–H and O–H groups in total. The number of fused-ring (bicyclic) bond motifs is 3. The number of ether oxygens (including phenoxy) is 3. The van der Waals surface area contributed by atoms with Gasteiger partial charge in [0.1, 0.15) is 23.0 Å². The summed E-state index contributed by atoms with van der Waals surface area (Å²) in [6.45, 7) is 4.82. The SMILES string of the molecule is CCCCCOc1ccc([C@@H]2Oc3ccccc3[C@@H]3CC(c4ccc(C)o4)=NN32)cc1OC. The largest absolute Gasteiger partial charge is 0.493 e. The van der Waals surface area contributed by atoms with Gasteiger partial charge in [0, 0.05) is 17.5 Å². The Morgan fingerprint density at radius 2 is 1.94 bits per heavy atom. The molecule has 6 heteroatoms. The van der Waals surface area contributed by atoms with Gasteiger partial charge < -0.3 is 18.6 Å². The van der Waals surface area contributed by atoms with Crippen LogP contribution in [0, 0.1) is 6.92 Å². The Kier molecular flexibility index (Phi) is 5.99. The lowest BCUT2D eigenvalue weighted by Crippen LogP contribution is -2.33. The van der Waals surface area contributed by atoms with E-state index < -0.39 is 0 Å². The van der Waals surface area contributed by atoms with Crippen LogP contribution in [0.15, 0.2) is 64.1 Å². The molecule has 6 nitrogen and oxygen atoms in total. The van der Waals surface area contributed by atoms with Gasteiger partial charge in [0.05, 0.1) is 19.8 Å². The van der Waals surface area contributed by atoms with Crippen LogP contribution in [0.2, 0.25) is 0 Å². The third-order valence-corrected chi connectivity index (χ3v) is 6.20. The van der Waals surface area contributed by atoms with Gasteiger partial charge in [-0.1, -0.05) is 38.0 Å². The van der Waals surface area contributed by atoms with Crippen LogP contribution in [0.25, 0.3) is 0 Å². The second-order valence-electron chi connectivity index (χ2n) is 8.53. The molecule has 1 aromatic heterocycles. The second-order valence-corrected chi connectivity index (χ2v) is 8.53. The van der Waals surface area contributed by atoms with E-state index in [0.717, 1.165) is 65.5 Å². The van der Waals surface area contributed by atoms with E-state index >= 15 is 0 Å². The van der Waals surface area contributed by atoms with E-state index in [4.69, 9.17) is 23.7 Å². The molecule has 0 bridgehead atoms. The maximum absolute atomic E-state index is 6.47. The van der Waals surface area contributed by atoms with Crippen LogP contribution in [0.1, 0.15) is 67.5 Å². The maximum Gasteiger partial charge on any atom is 0.214 e. The van der Waals surface area contributed by atoms with Crippen molar-refractivity contribution in [2.45, 2.75) is 51.8 Å². The fourth-order valence-corrected chi connectivity index (χ4v) is 4.48. The second kappa shape index (κ2) is 9.22. The van der Waals surface area contributed by atoms with Crippen LogP contribution in [0.4, 0.5) is 0 Å². The first kappa shape index (κ1) is 21.4. The first-order valence-corrected chi connectivity index (χ1v) is 11.7. The number of hydrogen-bond donors (Lipinski definition) is 0. The van der Waals surface area contributed by atoms with Crippen LogP contribution in [-0.4, -0.2) is 24.4 Å². The zero-order valence-corrected chi connectivity index (χ0v) is 19.4. The molecule has 5 rings (SSSR count). The zero-order chi connectivity index (χ0) is 22.8. The lowest BCUT2D eigenvalue weighted by Gasteiger charge is -2.38. The molecule has 0 radical (unpaired) electrons. The molecule has 2 aliphatic rings. The standard InChI is InChI=1S/C27H30N2O4/c1-4-5-8-15-31-25-14-12-19(16-26(25)30-3)27-29-22(20-9-6-7-10-23(20)33-27)17-21(28-29)24-13-11-18(2)32-24/h6-7,9-14,16,22,27H,4-5,8,15,17H2,1-3H3/t22-,27-/m0/s1. The van der Waals surface area contributed by atoms with Crippen molar-refractivity contribution in [1.29, 1.82) is 0 Å². The summed E-state index contributed by atoms with van der Waals surface area (Å²) in [5.41, 5.74) is 3.03. The Hall–Kier alpha value is -3.41. The predicted octanol–water partition coefficient (Wildman–Crippen LogP) is 6.41. The predicted molar refractivity (Wildman–Crippen MR) is 127 cm³/mol. The van der Waals surface area contributed by atoms with Gasteiger partial charge in [0.15, 0.2) is 11.5 Å². The minimum Gasteiger partial charge on any atom is -0.493 e. The van der Waals surface area contributed by atoms with Crippen LogP contribution < -0.4 is 14.2 Å². The molecule has 0 spiro atoms. The van der Waals surface area contributed by atoms with E-state index in [1.807, 2.05) is 60.5 Å². The van der Waals surface area contributed by atoms with E-state index in [1.165, 1.54) is 0 Å². The first-order chi connectivity index (χ1) is 16.2. The summed E-state index contributed by atoms with van der Waals surface area (Å²) in [5, 5.41) is 7.01. The molecule has 0 fully saturated rings. The number of nitrogens with zero attached hydrogens (tertiary/aromatic N) is 2. The average Bonchev–Trinajstić information content (AvgIpc) is 3.48. The number of hydrogen-bond acceptors (Lipinski definition) is 6. The van der Waals surface area contributed by atoms with Crippen LogP contribution in [-0.2, 0) is 0 Å². The summed E-state index contributed by atoms with van der Waals surface area (Å²) < 4.78 is 24.0. The summed E-state index contributed by atoms with van der Waals surface area (Å²) in [5.74, 6) is 4.03. The van der Waals surface area contributed by atoms with Gasteiger partial charge in [0.2, 0.25) is 6.23 Å². The molecule has 0 saturated carbocycles. The fraction of sp³-hybridized carbons (Fsp3) is 0.370. The minimum absolute atomic E-state index is 0.0799. The number of unbranched alkanes of at least 4 members (excludes halogenated alkanes) is 2. The summed E-state index contributed by atoms with van der Waals surface area (Å²) in [6.07, 6.45) is 3.74. The van der Waals surface area contributed by atoms with Crippen molar-refractivity contribution in [3.8, 4) is 17.2 Å². The van der Waals surface area contributed by atoms with Gasteiger partial charge in [-0.15, -0.1) is 0 Å². The monoisotopic (exact) mass is 446 g/mol. The van der Waals surface area contributed by atoms with Gasteiger partial charge in [-0.2, -0.15) is 5.10 Å². The maximum atomic E-state index is 6.47. The third-order valence-electron chi connectivity index (χ3n) is 6.20. The van der Waals surface area contributed by atoms with E-state index in [-0.39, 0.29) is 12.3 Å². The van der Waals surface area contributed by atoms with Crippen molar-refractivity contribution in [3.63, 3.8) is 0 Å². The smallest absolute Gasteiger partial charge is 0.214 e. The summed E-state index contributed by atoms with van der Waals surface area (Å²) in [7, 11) is 1.67. The highest BCUT2D eigenvalue weighted by Gasteiger charge is 2.41. The van der Waals surface area contributed by atoms with Gasteiger partial charge in [0.25, 0.3) is 0 Å². The Balaban J connectivity index is 1.47. The fourth-order valence-electron chi connectivity index (χ4n) is 4.48. The summed E-state index contributed by atoms with van der Waals surface area (Å²) >= 11 is 0. The van der Waals surface area contributed by atoms with Crippen molar-refractivity contribution in [3.05, 3.63) is 77.2 Å². The molecule has 172 valence electrons. The highest BCUT2D eigenvalue weighted by Crippen LogP contribution is 2.48. The number of aryl methyl sites for hydroxylation is 1. The van der Waals surface area contributed by atoms with Crippen molar-refractivity contribution >= 4 is 5.71 Å². The zero-order valence-electron chi connectivity index (χ0n) is 19.4. The quantitative estimate of drug-likeness (QED) is 0.374. The lowest BCUT2D eigenvalue weighted by atomic mass is 9.97. The van der Waals surface area contributed by atoms with Crippen LogP contribution in [0.3, 0.4) is 0 Å².